The molecule has 0 unspecified atom stereocenters. The van der Waals surface area contributed by atoms with E-state index >= 15 is 0 Å². The Bertz CT molecular complexity index is 896. The van der Waals surface area contributed by atoms with Crippen LogP contribution in [-0.4, -0.2) is 48.2 Å². The predicted molar refractivity (Wildman–Crippen MR) is 103 cm³/mol. The van der Waals surface area contributed by atoms with Gasteiger partial charge in [0, 0.05) is 18.7 Å². The highest BCUT2D eigenvalue weighted by Crippen LogP contribution is 2.23. The van der Waals surface area contributed by atoms with Crippen molar-refractivity contribution in [3.63, 3.8) is 0 Å². The predicted octanol–water partition coefficient (Wildman–Crippen LogP) is 2.61. The average molecular weight is 411 g/mol. The molecule has 10 heteroatoms. The maximum absolute atomic E-state index is 12.8. The molecule has 2 aromatic rings. The van der Waals surface area contributed by atoms with Gasteiger partial charge in [0.25, 0.3) is 5.91 Å². The number of anilines is 1. The molecule has 0 aliphatic carbocycles. The standard InChI is InChI=1S/C17H22N4O4S2/c1-12-4-3-9-21(10-12)27(23,24)14-7-5-13(6-8-14)16(22)18-17-20-19-15(25-17)11-26-2/h5-8,12H,3-4,9-11H2,1-2H3,(H,18,20,22)/t12-/m0/s1. The number of aromatic nitrogens is 2. The molecular weight excluding hydrogens is 388 g/mol. The van der Waals surface area contributed by atoms with E-state index in [0.717, 1.165) is 12.8 Å². The van der Waals surface area contributed by atoms with Crippen LogP contribution in [0.15, 0.2) is 33.6 Å². The van der Waals surface area contributed by atoms with Crippen molar-refractivity contribution in [2.24, 2.45) is 5.92 Å². The van der Waals surface area contributed by atoms with Crippen molar-refractivity contribution >= 4 is 33.7 Å². The molecule has 0 spiro atoms. The van der Waals surface area contributed by atoms with Gasteiger partial charge in [-0.25, -0.2) is 8.42 Å². The molecule has 1 saturated heterocycles. The van der Waals surface area contributed by atoms with E-state index in [1.54, 1.807) is 0 Å². The van der Waals surface area contributed by atoms with Crippen molar-refractivity contribution in [1.82, 2.24) is 14.5 Å². The van der Waals surface area contributed by atoms with Gasteiger partial charge in [0.15, 0.2) is 0 Å². The van der Waals surface area contributed by atoms with Crippen LogP contribution in [0.25, 0.3) is 0 Å². The fraction of sp³-hybridized carbons (Fsp3) is 0.471. The van der Waals surface area contributed by atoms with E-state index in [0.29, 0.717) is 36.2 Å². The number of nitrogens with zero attached hydrogens (tertiary/aromatic N) is 3. The molecule has 0 bridgehead atoms. The van der Waals surface area contributed by atoms with E-state index in [9.17, 15) is 13.2 Å². The summed E-state index contributed by atoms with van der Waals surface area (Å²) < 4.78 is 32.3. The lowest BCUT2D eigenvalue weighted by Gasteiger charge is -2.30. The first kappa shape index (κ1) is 19.8. The molecule has 3 rings (SSSR count). The average Bonchev–Trinajstić information content (AvgIpc) is 3.09. The zero-order valence-corrected chi connectivity index (χ0v) is 16.8. The van der Waals surface area contributed by atoms with E-state index in [4.69, 9.17) is 4.42 Å². The summed E-state index contributed by atoms with van der Waals surface area (Å²) in [5.41, 5.74) is 0.311. The van der Waals surface area contributed by atoms with Gasteiger partial charge >= 0.3 is 6.01 Å². The smallest absolute Gasteiger partial charge is 0.322 e. The maximum Gasteiger partial charge on any atom is 0.322 e. The first-order valence-electron chi connectivity index (χ1n) is 8.63. The van der Waals surface area contributed by atoms with Crippen molar-refractivity contribution in [3.05, 3.63) is 35.7 Å². The fourth-order valence-electron chi connectivity index (χ4n) is 2.95. The Morgan fingerprint density at radius 3 is 2.74 bits per heavy atom. The Labute approximate surface area is 162 Å². The number of carbonyl (C=O) groups is 1. The Morgan fingerprint density at radius 2 is 2.07 bits per heavy atom. The lowest BCUT2D eigenvalue weighted by atomic mass is 10.0. The summed E-state index contributed by atoms with van der Waals surface area (Å²) in [6.07, 6.45) is 3.81. The Kier molecular flexibility index (Phi) is 6.18. The van der Waals surface area contributed by atoms with Crippen LogP contribution in [0.5, 0.6) is 0 Å². The number of thioether (sulfide) groups is 1. The molecule has 27 heavy (non-hydrogen) atoms. The molecular formula is C17H22N4O4S2. The molecule has 1 fully saturated rings. The highest BCUT2D eigenvalue weighted by molar-refractivity contribution is 7.97. The Balaban J connectivity index is 1.69. The van der Waals surface area contributed by atoms with Crippen molar-refractivity contribution < 1.29 is 17.6 Å². The molecule has 1 aliphatic heterocycles. The van der Waals surface area contributed by atoms with E-state index in [2.05, 4.69) is 22.4 Å². The SMILES string of the molecule is CSCc1nnc(NC(=O)c2ccc(S(=O)(=O)N3CCC[C@H](C)C3)cc2)o1. The van der Waals surface area contributed by atoms with Crippen molar-refractivity contribution in [1.29, 1.82) is 0 Å². The largest absolute Gasteiger partial charge is 0.407 e. The van der Waals surface area contributed by atoms with Gasteiger partial charge in [-0.2, -0.15) is 16.1 Å². The Hall–Kier alpha value is -1.91. The summed E-state index contributed by atoms with van der Waals surface area (Å²) in [6, 6.07) is 5.89. The summed E-state index contributed by atoms with van der Waals surface area (Å²) in [5.74, 6) is 0.897. The van der Waals surface area contributed by atoms with Crippen LogP contribution in [0.4, 0.5) is 6.01 Å². The monoisotopic (exact) mass is 410 g/mol. The van der Waals surface area contributed by atoms with Gasteiger partial charge in [-0.3, -0.25) is 10.1 Å². The number of sulfonamides is 1. The zero-order valence-electron chi connectivity index (χ0n) is 15.2. The summed E-state index contributed by atoms with van der Waals surface area (Å²) in [4.78, 5) is 12.5. The lowest BCUT2D eigenvalue weighted by molar-refractivity contribution is 0.102. The van der Waals surface area contributed by atoms with Crippen LogP contribution >= 0.6 is 11.8 Å². The van der Waals surface area contributed by atoms with Crippen LogP contribution in [-0.2, 0) is 15.8 Å². The quantitative estimate of drug-likeness (QED) is 0.780. The molecule has 146 valence electrons. The zero-order chi connectivity index (χ0) is 19.4. The van der Waals surface area contributed by atoms with Crippen molar-refractivity contribution in [2.75, 3.05) is 24.7 Å². The van der Waals surface area contributed by atoms with Gasteiger partial charge in [0.1, 0.15) is 0 Å². The van der Waals surface area contributed by atoms with Crippen LogP contribution < -0.4 is 5.32 Å². The van der Waals surface area contributed by atoms with Gasteiger partial charge in [0.2, 0.25) is 15.9 Å². The topological polar surface area (TPSA) is 105 Å². The normalized spacial score (nSPS) is 18.4. The number of rotatable bonds is 6. The molecule has 1 aromatic heterocycles. The first-order chi connectivity index (χ1) is 12.9. The molecule has 1 N–H and O–H groups in total. The van der Waals surface area contributed by atoms with E-state index in [-0.39, 0.29) is 10.9 Å². The highest BCUT2D eigenvalue weighted by Gasteiger charge is 2.28. The Morgan fingerprint density at radius 1 is 1.33 bits per heavy atom. The fourth-order valence-corrected chi connectivity index (χ4v) is 4.91. The lowest BCUT2D eigenvalue weighted by Crippen LogP contribution is -2.39. The van der Waals surface area contributed by atoms with Crippen LogP contribution in [0.2, 0.25) is 0 Å². The molecule has 0 saturated carbocycles. The van der Waals surface area contributed by atoms with Crippen LogP contribution in [0.1, 0.15) is 36.0 Å². The molecule has 8 nitrogen and oxygen atoms in total. The minimum atomic E-state index is -3.54. The third-order valence-electron chi connectivity index (χ3n) is 4.33. The second-order valence-electron chi connectivity index (χ2n) is 6.52. The third kappa shape index (κ3) is 4.69. The number of hydrogen-bond acceptors (Lipinski definition) is 7. The number of benzene rings is 1. The number of carbonyl (C=O) groups excluding carboxylic acids is 1. The third-order valence-corrected chi connectivity index (χ3v) is 6.74. The first-order valence-corrected chi connectivity index (χ1v) is 11.5. The summed E-state index contributed by atoms with van der Waals surface area (Å²) in [6.45, 7) is 3.11. The maximum atomic E-state index is 12.8. The molecule has 1 aromatic carbocycles. The van der Waals surface area contributed by atoms with Gasteiger partial charge in [-0.15, -0.1) is 5.10 Å². The number of amides is 1. The van der Waals surface area contributed by atoms with Gasteiger partial charge in [-0.05, 0) is 49.3 Å². The number of piperidine rings is 1. The molecule has 0 radical (unpaired) electrons. The van der Waals surface area contributed by atoms with Gasteiger partial charge < -0.3 is 4.42 Å². The highest BCUT2D eigenvalue weighted by atomic mass is 32.2. The molecule has 1 atom stereocenters. The molecule has 2 heterocycles. The van der Waals surface area contributed by atoms with Crippen LogP contribution in [0, 0.1) is 5.92 Å². The van der Waals surface area contributed by atoms with Crippen LogP contribution in [0.3, 0.4) is 0 Å². The minimum absolute atomic E-state index is 0.0167. The van der Waals surface area contributed by atoms with Gasteiger partial charge in [0.05, 0.1) is 10.6 Å². The molecule has 1 amide bonds. The van der Waals surface area contributed by atoms with Crippen molar-refractivity contribution in [3.8, 4) is 0 Å². The summed E-state index contributed by atoms with van der Waals surface area (Å²) in [7, 11) is -3.54. The van der Waals surface area contributed by atoms with Gasteiger partial charge in [-0.1, -0.05) is 12.0 Å². The summed E-state index contributed by atoms with van der Waals surface area (Å²) >= 11 is 1.53. The van der Waals surface area contributed by atoms with E-state index < -0.39 is 15.9 Å². The summed E-state index contributed by atoms with van der Waals surface area (Å²) in [5, 5.41) is 10.1. The molecule has 1 aliphatic rings. The number of hydrogen-bond donors (Lipinski definition) is 1. The second-order valence-corrected chi connectivity index (χ2v) is 9.33. The van der Waals surface area contributed by atoms with Crippen molar-refractivity contribution in [2.45, 2.75) is 30.4 Å². The second kappa shape index (κ2) is 8.41. The van der Waals surface area contributed by atoms with E-state index in [1.807, 2.05) is 6.26 Å². The number of nitrogens with one attached hydrogen (secondary N) is 1. The minimum Gasteiger partial charge on any atom is -0.407 e. The van der Waals surface area contributed by atoms with E-state index in [1.165, 1.54) is 40.3 Å².